The molecule has 0 fully saturated rings. The summed E-state index contributed by atoms with van der Waals surface area (Å²) in [5.41, 5.74) is 3.70. The summed E-state index contributed by atoms with van der Waals surface area (Å²) in [4.78, 5) is 0. The quantitative estimate of drug-likeness (QED) is 0.902. The summed E-state index contributed by atoms with van der Waals surface area (Å²) in [5, 5.41) is 13.8. The summed E-state index contributed by atoms with van der Waals surface area (Å²) in [7, 11) is 0. The lowest BCUT2D eigenvalue weighted by atomic mass is 10.1. The number of hydrogen-bond donors (Lipinski definition) is 1. The Balaban J connectivity index is 2.24. The molecule has 90 valence electrons. The van der Waals surface area contributed by atoms with E-state index in [2.05, 4.69) is 54.5 Å². The minimum absolute atomic E-state index is 0.805. The Morgan fingerprint density at radius 3 is 2.47 bits per heavy atom. The van der Waals surface area contributed by atoms with Gasteiger partial charge in [0.15, 0.2) is 0 Å². The molecule has 0 saturated carbocycles. The van der Waals surface area contributed by atoms with Gasteiger partial charge < -0.3 is 5.32 Å². The third-order valence-corrected chi connectivity index (χ3v) is 3.43. The van der Waals surface area contributed by atoms with Crippen molar-refractivity contribution in [3.05, 3.63) is 34.3 Å². The van der Waals surface area contributed by atoms with Crippen LogP contribution in [0.1, 0.15) is 23.1 Å². The molecule has 0 aliphatic rings. The molecule has 2 rings (SSSR count). The number of aromatic nitrogens is 2. The third kappa shape index (κ3) is 3.11. The fraction of sp³-hybridized carbons (Fsp3) is 0.385. The smallest absolute Gasteiger partial charge is 0.147 e. The molecular formula is C13H17N3S. The Morgan fingerprint density at radius 2 is 1.82 bits per heavy atom. The third-order valence-electron chi connectivity index (χ3n) is 2.46. The van der Waals surface area contributed by atoms with Gasteiger partial charge in [-0.25, -0.2) is 0 Å². The van der Waals surface area contributed by atoms with Crippen molar-refractivity contribution in [3.8, 4) is 10.6 Å². The van der Waals surface area contributed by atoms with Gasteiger partial charge in [-0.1, -0.05) is 35.5 Å². The van der Waals surface area contributed by atoms with Crippen molar-refractivity contribution in [2.45, 2.75) is 27.3 Å². The highest BCUT2D eigenvalue weighted by molar-refractivity contribution is 7.14. The van der Waals surface area contributed by atoms with Crippen LogP contribution in [-0.2, 0) is 6.54 Å². The first-order valence-electron chi connectivity index (χ1n) is 5.81. The summed E-state index contributed by atoms with van der Waals surface area (Å²) in [6, 6.07) is 6.49. The average molecular weight is 247 g/mol. The van der Waals surface area contributed by atoms with Crippen molar-refractivity contribution in [2.75, 3.05) is 6.54 Å². The fourth-order valence-electron chi connectivity index (χ4n) is 1.77. The van der Waals surface area contributed by atoms with Crippen LogP contribution in [0.5, 0.6) is 0 Å². The molecule has 0 bridgehead atoms. The normalized spacial score (nSPS) is 10.8. The molecule has 2 aromatic rings. The molecule has 3 nitrogen and oxygen atoms in total. The van der Waals surface area contributed by atoms with Crippen LogP contribution in [0.2, 0.25) is 0 Å². The van der Waals surface area contributed by atoms with E-state index >= 15 is 0 Å². The molecule has 0 aliphatic carbocycles. The van der Waals surface area contributed by atoms with Crippen molar-refractivity contribution < 1.29 is 0 Å². The summed E-state index contributed by atoms with van der Waals surface area (Å²) in [6.45, 7) is 8.07. The van der Waals surface area contributed by atoms with E-state index in [1.807, 2.05) is 0 Å². The Labute approximate surface area is 106 Å². The van der Waals surface area contributed by atoms with Crippen molar-refractivity contribution in [2.24, 2.45) is 0 Å². The van der Waals surface area contributed by atoms with Crippen LogP contribution < -0.4 is 5.32 Å². The number of hydrogen-bond acceptors (Lipinski definition) is 4. The predicted molar refractivity (Wildman–Crippen MR) is 72.2 cm³/mol. The van der Waals surface area contributed by atoms with Crippen LogP contribution in [-0.4, -0.2) is 16.7 Å². The number of rotatable bonds is 4. The van der Waals surface area contributed by atoms with Crippen molar-refractivity contribution in [1.29, 1.82) is 0 Å². The van der Waals surface area contributed by atoms with Gasteiger partial charge in [-0.05, 0) is 32.5 Å². The minimum Gasteiger partial charge on any atom is -0.311 e. The fourth-order valence-corrected chi connectivity index (χ4v) is 2.57. The number of benzene rings is 1. The van der Waals surface area contributed by atoms with Crippen molar-refractivity contribution >= 4 is 11.3 Å². The molecule has 0 radical (unpaired) electrons. The molecule has 1 aromatic carbocycles. The number of nitrogens with one attached hydrogen (secondary N) is 1. The van der Waals surface area contributed by atoms with E-state index in [1.165, 1.54) is 16.7 Å². The molecule has 1 heterocycles. The molecule has 0 amide bonds. The van der Waals surface area contributed by atoms with Gasteiger partial charge in [0.25, 0.3) is 0 Å². The zero-order chi connectivity index (χ0) is 12.3. The lowest BCUT2D eigenvalue weighted by molar-refractivity contribution is 0.715. The topological polar surface area (TPSA) is 37.8 Å². The van der Waals surface area contributed by atoms with E-state index in [1.54, 1.807) is 11.3 Å². The molecule has 0 unspecified atom stereocenters. The zero-order valence-electron chi connectivity index (χ0n) is 10.4. The lowest BCUT2D eigenvalue weighted by Crippen LogP contribution is -2.11. The van der Waals surface area contributed by atoms with Crippen LogP contribution in [0.25, 0.3) is 10.6 Å². The maximum atomic E-state index is 4.25. The van der Waals surface area contributed by atoms with Crippen LogP contribution in [0.3, 0.4) is 0 Å². The second-order valence-corrected chi connectivity index (χ2v) is 5.22. The second kappa shape index (κ2) is 5.38. The Bertz CT molecular complexity index is 485. The highest BCUT2D eigenvalue weighted by atomic mass is 32.1. The van der Waals surface area contributed by atoms with Gasteiger partial charge in [0.05, 0.1) is 0 Å². The highest BCUT2D eigenvalue weighted by Crippen LogP contribution is 2.25. The molecule has 0 aliphatic heterocycles. The van der Waals surface area contributed by atoms with Gasteiger partial charge in [-0.3, -0.25) is 0 Å². The first-order valence-corrected chi connectivity index (χ1v) is 6.62. The first kappa shape index (κ1) is 12.2. The molecule has 1 aromatic heterocycles. The summed E-state index contributed by atoms with van der Waals surface area (Å²) >= 11 is 1.66. The maximum absolute atomic E-state index is 4.25. The first-order chi connectivity index (χ1) is 8.19. The Hall–Kier alpha value is -1.26. The maximum Gasteiger partial charge on any atom is 0.147 e. The van der Waals surface area contributed by atoms with E-state index < -0.39 is 0 Å². The molecule has 0 spiro atoms. The second-order valence-electron chi connectivity index (χ2n) is 4.16. The van der Waals surface area contributed by atoms with E-state index in [9.17, 15) is 0 Å². The van der Waals surface area contributed by atoms with Gasteiger partial charge in [-0.15, -0.1) is 10.2 Å². The zero-order valence-corrected chi connectivity index (χ0v) is 11.3. The summed E-state index contributed by atoms with van der Waals surface area (Å²) in [5.74, 6) is 0. The van der Waals surface area contributed by atoms with Gasteiger partial charge in [0, 0.05) is 12.1 Å². The van der Waals surface area contributed by atoms with Crippen LogP contribution >= 0.6 is 11.3 Å². The Morgan fingerprint density at radius 1 is 1.12 bits per heavy atom. The van der Waals surface area contributed by atoms with E-state index in [0.717, 1.165) is 23.1 Å². The molecular weight excluding hydrogens is 230 g/mol. The van der Waals surface area contributed by atoms with E-state index in [-0.39, 0.29) is 0 Å². The molecule has 17 heavy (non-hydrogen) atoms. The van der Waals surface area contributed by atoms with Crippen LogP contribution in [0.4, 0.5) is 0 Å². The van der Waals surface area contributed by atoms with Crippen LogP contribution in [0.15, 0.2) is 18.2 Å². The molecule has 0 saturated heterocycles. The Kier molecular flexibility index (Phi) is 3.86. The predicted octanol–water partition coefficient (Wildman–Crippen LogP) is 2.93. The SMILES string of the molecule is CCNCc1nnc(-c2cc(C)cc(C)c2)s1. The number of aryl methyl sites for hydroxylation is 2. The van der Waals surface area contributed by atoms with Gasteiger partial charge in [-0.2, -0.15) is 0 Å². The van der Waals surface area contributed by atoms with Gasteiger partial charge in [0.2, 0.25) is 0 Å². The van der Waals surface area contributed by atoms with Gasteiger partial charge >= 0.3 is 0 Å². The van der Waals surface area contributed by atoms with Crippen LogP contribution in [0, 0.1) is 13.8 Å². The van der Waals surface area contributed by atoms with Crippen molar-refractivity contribution in [1.82, 2.24) is 15.5 Å². The standard InChI is InChI=1S/C13H17N3S/c1-4-14-8-12-15-16-13(17-12)11-6-9(2)5-10(3)7-11/h5-7,14H,4,8H2,1-3H3. The minimum atomic E-state index is 0.805. The largest absolute Gasteiger partial charge is 0.311 e. The number of nitrogens with zero attached hydrogens (tertiary/aromatic N) is 2. The van der Waals surface area contributed by atoms with Crippen molar-refractivity contribution in [3.63, 3.8) is 0 Å². The van der Waals surface area contributed by atoms with E-state index in [0.29, 0.717) is 0 Å². The average Bonchev–Trinajstić information content (AvgIpc) is 2.73. The molecule has 4 heteroatoms. The molecule has 0 atom stereocenters. The lowest BCUT2D eigenvalue weighted by Gasteiger charge is -2.00. The summed E-state index contributed by atoms with van der Waals surface area (Å²) in [6.07, 6.45) is 0. The van der Waals surface area contributed by atoms with E-state index in [4.69, 9.17) is 0 Å². The molecule has 1 N–H and O–H groups in total. The van der Waals surface area contributed by atoms with Gasteiger partial charge in [0.1, 0.15) is 10.0 Å². The highest BCUT2D eigenvalue weighted by Gasteiger charge is 2.07. The summed E-state index contributed by atoms with van der Waals surface area (Å²) < 4.78 is 0. The monoisotopic (exact) mass is 247 g/mol.